The normalized spacial score (nSPS) is 17.5. The van der Waals surface area contributed by atoms with Crippen molar-refractivity contribution in [2.75, 3.05) is 31.5 Å². The molecule has 160 valence electrons. The van der Waals surface area contributed by atoms with Crippen LogP contribution in [0.5, 0.6) is 0 Å². The topological polar surface area (TPSA) is 104 Å². The first kappa shape index (κ1) is 20.7. The third-order valence-corrected chi connectivity index (χ3v) is 7.70. The van der Waals surface area contributed by atoms with Crippen LogP contribution in [0.25, 0.3) is 0 Å². The number of hydrogen-bond acceptors (Lipinski definition) is 6. The smallest absolute Gasteiger partial charge is 0.243 e. The van der Waals surface area contributed by atoms with Crippen LogP contribution in [-0.2, 0) is 27.7 Å². The van der Waals surface area contributed by atoms with E-state index < -0.39 is 10.0 Å². The van der Waals surface area contributed by atoms with E-state index in [1.807, 2.05) is 12.1 Å². The van der Waals surface area contributed by atoms with Crippen LogP contribution in [0.1, 0.15) is 30.4 Å². The molecule has 30 heavy (non-hydrogen) atoms. The number of nitrogens with one attached hydrogen (secondary N) is 2. The molecule has 1 aliphatic carbocycles. The average molecular weight is 430 g/mol. The van der Waals surface area contributed by atoms with E-state index >= 15 is 0 Å². The van der Waals surface area contributed by atoms with Crippen molar-refractivity contribution in [3.05, 3.63) is 47.8 Å². The first-order chi connectivity index (χ1) is 14.5. The van der Waals surface area contributed by atoms with Crippen LogP contribution in [-0.4, -0.2) is 54.8 Å². The van der Waals surface area contributed by atoms with Gasteiger partial charge < -0.3 is 10.6 Å². The van der Waals surface area contributed by atoms with Gasteiger partial charge in [-0.3, -0.25) is 4.79 Å². The van der Waals surface area contributed by atoms with Gasteiger partial charge in [-0.15, -0.1) is 0 Å². The summed E-state index contributed by atoms with van der Waals surface area (Å²) in [6, 6.07) is 7.25. The zero-order chi connectivity index (χ0) is 21.0. The number of rotatable bonds is 7. The Morgan fingerprint density at radius 3 is 2.57 bits per heavy atom. The quantitative estimate of drug-likeness (QED) is 0.648. The van der Waals surface area contributed by atoms with Gasteiger partial charge in [0.05, 0.1) is 4.90 Å². The van der Waals surface area contributed by atoms with Gasteiger partial charge in [0.25, 0.3) is 0 Å². The van der Waals surface area contributed by atoms with Crippen LogP contribution in [0, 0.1) is 5.92 Å². The van der Waals surface area contributed by atoms with E-state index in [2.05, 4.69) is 20.6 Å². The summed E-state index contributed by atoms with van der Waals surface area (Å²) >= 11 is 0. The summed E-state index contributed by atoms with van der Waals surface area (Å²) in [5.41, 5.74) is 2.41. The molecule has 1 saturated heterocycles. The summed E-state index contributed by atoms with van der Waals surface area (Å²) in [6.07, 6.45) is 7.44. The molecule has 1 amide bonds. The molecule has 0 unspecified atom stereocenters. The van der Waals surface area contributed by atoms with Crippen molar-refractivity contribution in [2.24, 2.45) is 5.92 Å². The second kappa shape index (κ2) is 9.09. The number of benzene rings is 1. The number of carbonyl (C=O) groups is 1. The van der Waals surface area contributed by atoms with Gasteiger partial charge in [-0.2, -0.15) is 4.31 Å². The summed E-state index contributed by atoms with van der Waals surface area (Å²) in [5.74, 6) is 0.335. The molecule has 0 saturated carbocycles. The third kappa shape index (κ3) is 4.62. The van der Waals surface area contributed by atoms with Gasteiger partial charge in [-0.1, -0.05) is 6.07 Å². The molecule has 1 aromatic carbocycles. The van der Waals surface area contributed by atoms with Crippen molar-refractivity contribution in [3.63, 3.8) is 0 Å². The maximum atomic E-state index is 13.0. The molecule has 0 radical (unpaired) electrons. The fourth-order valence-corrected chi connectivity index (χ4v) is 5.63. The molecule has 0 bridgehead atoms. The monoisotopic (exact) mass is 429 g/mol. The van der Waals surface area contributed by atoms with Gasteiger partial charge in [0.15, 0.2) is 0 Å². The van der Waals surface area contributed by atoms with Crippen molar-refractivity contribution in [2.45, 2.75) is 37.0 Å². The van der Waals surface area contributed by atoms with E-state index in [1.165, 1.54) is 9.87 Å². The molecule has 9 heteroatoms. The predicted molar refractivity (Wildman–Crippen MR) is 113 cm³/mol. The molecule has 1 aromatic heterocycles. The molecule has 4 rings (SSSR count). The lowest BCUT2D eigenvalue weighted by atomic mass is 9.97. The van der Waals surface area contributed by atoms with Crippen LogP contribution in [0.15, 0.2) is 41.6 Å². The summed E-state index contributed by atoms with van der Waals surface area (Å²) in [7, 11) is -3.51. The Bertz CT molecular complexity index is 989. The van der Waals surface area contributed by atoms with E-state index in [4.69, 9.17) is 0 Å². The SMILES string of the molecule is O=C(NCCNc1ncccn1)C1CCN(S(=O)(=O)c2ccc3c(c2)CCC3)CC1. The Morgan fingerprint density at radius 1 is 1.07 bits per heavy atom. The molecule has 2 N–H and O–H groups in total. The number of fused-ring (bicyclic) bond motifs is 1. The van der Waals surface area contributed by atoms with E-state index in [1.54, 1.807) is 24.5 Å². The molecule has 2 aromatic rings. The maximum Gasteiger partial charge on any atom is 0.243 e. The van der Waals surface area contributed by atoms with Crippen molar-refractivity contribution < 1.29 is 13.2 Å². The maximum absolute atomic E-state index is 13.0. The Morgan fingerprint density at radius 2 is 1.80 bits per heavy atom. The Hall–Kier alpha value is -2.52. The highest BCUT2D eigenvalue weighted by Crippen LogP contribution is 2.28. The van der Waals surface area contributed by atoms with E-state index in [0.717, 1.165) is 24.8 Å². The Labute approximate surface area is 177 Å². The van der Waals surface area contributed by atoms with Crippen LogP contribution < -0.4 is 10.6 Å². The van der Waals surface area contributed by atoms with Crippen LogP contribution in [0.4, 0.5) is 5.95 Å². The summed E-state index contributed by atoms with van der Waals surface area (Å²) in [5, 5.41) is 5.95. The lowest BCUT2D eigenvalue weighted by Gasteiger charge is -2.30. The zero-order valence-corrected chi connectivity index (χ0v) is 17.7. The van der Waals surface area contributed by atoms with Gasteiger partial charge in [0.1, 0.15) is 0 Å². The molecule has 8 nitrogen and oxygen atoms in total. The summed E-state index contributed by atoms with van der Waals surface area (Å²) in [6.45, 7) is 1.73. The third-order valence-electron chi connectivity index (χ3n) is 5.81. The molecular weight excluding hydrogens is 402 g/mol. The largest absolute Gasteiger partial charge is 0.354 e. The lowest BCUT2D eigenvalue weighted by Crippen LogP contribution is -2.43. The van der Waals surface area contributed by atoms with Crippen molar-refractivity contribution >= 4 is 21.9 Å². The number of aromatic nitrogens is 2. The highest BCUT2D eigenvalue weighted by Gasteiger charge is 2.32. The fourth-order valence-electron chi connectivity index (χ4n) is 4.11. The number of piperidine rings is 1. The number of aryl methyl sites for hydroxylation is 2. The summed E-state index contributed by atoms with van der Waals surface area (Å²) in [4.78, 5) is 20.9. The number of amides is 1. The molecule has 1 aliphatic heterocycles. The number of hydrogen-bond donors (Lipinski definition) is 2. The van der Waals surface area contributed by atoms with Gasteiger partial charge in [0.2, 0.25) is 21.9 Å². The number of carbonyl (C=O) groups excluding carboxylic acids is 1. The Kier molecular flexibility index (Phi) is 6.29. The average Bonchev–Trinajstić information content (AvgIpc) is 3.25. The molecule has 0 spiro atoms. The zero-order valence-electron chi connectivity index (χ0n) is 16.9. The minimum atomic E-state index is -3.51. The fraction of sp³-hybridized carbons (Fsp3) is 0.476. The predicted octanol–water partition coefficient (Wildman–Crippen LogP) is 1.59. The van der Waals surface area contributed by atoms with Gasteiger partial charge >= 0.3 is 0 Å². The van der Waals surface area contributed by atoms with Gasteiger partial charge in [-0.05, 0) is 61.4 Å². The first-order valence-electron chi connectivity index (χ1n) is 10.4. The van der Waals surface area contributed by atoms with E-state index in [-0.39, 0.29) is 11.8 Å². The molecule has 0 atom stereocenters. The number of anilines is 1. The van der Waals surface area contributed by atoms with Gasteiger partial charge in [0, 0.05) is 44.5 Å². The summed E-state index contributed by atoms with van der Waals surface area (Å²) < 4.78 is 27.5. The molecule has 1 fully saturated rings. The minimum Gasteiger partial charge on any atom is -0.354 e. The number of sulfonamides is 1. The van der Waals surface area contributed by atoms with E-state index in [9.17, 15) is 13.2 Å². The Balaban J connectivity index is 1.25. The molecular formula is C21H27N5O3S. The van der Waals surface area contributed by atoms with Crippen LogP contribution >= 0.6 is 0 Å². The highest BCUT2D eigenvalue weighted by atomic mass is 32.2. The molecule has 2 heterocycles. The van der Waals surface area contributed by atoms with Crippen molar-refractivity contribution in [1.29, 1.82) is 0 Å². The van der Waals surface area contributed by atoms with Crippen molar-refractivity contribution in [3.8, 4) is 0 Å². The number of nitrogens with zero attached hydrogens (tertiary/aromatic N) is 3. The van der Waals surface area contributed by atoms with Crippen LogP contribution in [0.2, 0.25) is 0 Å². The second-order valence-corrected chi connectivity index (χ2v) is 9.69. The van der Waals surface area contributed by atoms with Crippen molar-refractivity contribution in [1.82, 2.24) is 19.6 Å². The standard InChI is InChI=1S/C21H27N5O3S/c27-20(22-11-12-25-21-23-9-2-10-24-21)17-7-13-26(14-8-17)30(28,29)19-6-5-16-3-1-4-18(16)15-19/h2,5-6,9-10,15,17H,1,3-4,7-8,11-14H2,(H,22,27)(H,23,24,25). The highest BCUT2D eigenvalue weighted by molar-refractivity contribution is 7.89. The van der Waals surface area contributed by atoms with E-state index in [0.29, 0.717) is 49.9 Å². The second-order valence-electron chi connectivity index (χ2n) is 7.75. The molecule has 2 aliphatic rings. The lowest BCUT2D eigenvalue weighted by molar-refractivity contribution is -0.126. The van der Waals surface area contributed by atoms with Gasteiger partial charge in [-0.25, -0.2) is 18.4 Å². The minimum absolute atomic E-state index is 0.0274. The first-order valence-corrected chi connectivity index (χ1v) is 11.9. The van der Waals surface area contributed by atoms with Crippen LogP contribution in [0.3, 0.4) is 0 Å².